The number of fused-ring (bicyclic) bond motifs is 2. The molecule has 0 aliphatic heterocycles. The monoisotopic (exact) mass is 555 g/mol. The minimum atomic E-state index is -3.88. The van der Waals surface area contributed by atoms with Crippen LogP contribution in [-0.2, 0) is 20.3 Å². The Morgan fingerprint density at radius 2 is 1.65 bits per heavy atom. The second-order valence-electron chi connectivity index (χ2n) is 11.2. The van der Waals surface area contributed by atoms with Crippen molar-refractivity contribution >= 4 is 32.5 Å². The van der Waals surface area contributed by atoms with E-state index in [0.717, 1.165) is 46.0 Å². The van der Waals surface area contributed by atoms with Gasteiger partial charge in [0.1, 0.15) is 5.60 Å². The van der Waals surface area contributed by atoms with Gasteiger partial charge in [0.2, 0.25) is 10.0 Å². The predicted molar refractivity (Wildman–Crippen MR) is 153 cm³/mol. The molecule has 1 aliphatic rings. The van der Waals surface area contributed by atoms with E-state index in [1.165, 1.54) is 6.07 Å². The number of alkyl carbamates (subject to hydrolysis) is 1. The molecule has 0 bridgehead atoms. The van der Waals surface area contributed by atoms with E-state index in [1.807, 2.05) is 63.4 Å². The normalized spacial score (nSPS) is 14.8. The summed E-state index contributed by atoms with van der Waals surface area (Å²) in [6.07, 6.45) is 6.75. The van der Waals surface area contributed by atoms with Gasteiger partial charge < -0.3 is 10.1 Å². The van der Waals surface area contributed by atoms with Crippen LogP contribution < -0.4 is 10.5 Å². The van der Waals surface area contributed by atoms with Gasteiger partial charge in [0, 0.05) is 28.9 Å². The molecule has 10 heteroatoms. The van der Waals surface area contributed by atoms with E-state index >= 15 is 0 Å². The molecule has 2 heterocycles. The Morgan fingerprint density at radius 3 is 2.30 bits per heavy atom. The standard InChI is InChI=1S/C30H29N5O4S/c1-29(2,3)39-28(36)34-30(14-15-30)21-10-8-19(9-11-21)20-16-32-27-25(17-33-35(27)18-20)23-12-13-26(40(31,37)38)24-7-5-4-6-22(23)24/h4-13,16-18H,14-15H2,1-3H3,(H,34,36)(H2,31,37,38). The molecule has 0 radical (unpaired) electrons. The van der Waals surface area contributed by atoms with Gasteiger partial charge in [0.05, 0.1) is 16.6 Å². The minimum absolute atomic E-state index is 0.0799. The van der Waals surface area contributed by atoms with Crippen molar-refractivity contribution in [2.45, 2.75) is 49.6 Å². The molecular formula is C30H29N5O4S. The third kappa shape index (κ3) is 4.80. The van der Waals surface area contributed by atoms with Crippen molar-refractivity contribution in [3.8, 4) is 22.3 Å². The minimum Gasteiger partial charge on any atom is -0.444 e. The van der Waals surface area contributed by atoms with Crippen LogP contribution in [-0.4, -0.2) is 34.7 Å². The number of aromatic nitrogens is 3. The molecule has 0 unspecified atom stereocenters. The number of carbonyl (C=O) groups is 1. The van der Waals surface area contributed by atoms with Crippen molar-refractivity contribution in [1.29, 1.82) is 0 Å². The van der Waals surface area contributed by atoms with Crippen molar-refractivity contribution in [2.24, 2.45) is 5.14 Å². The number of primary sulfonamides is 1. The third-order valence-corrected chi connectivity index (χ3v) is 8.07. The quantitative estimate of drug-likeness (QED) is 0.300. The number of ether oxygens (including phenoxy) is 1. The Kier molecular flexibility index (Phi) is 5.93. The van der Waals surface area contributed by atoms with Gasteiger partial charge in [-0.25, -0.2) is 27.9 Å². The Balaban J connectivity index is 1.30. The van der Waals surface area contributed by atoms with E-state index in [2.05, 4.69) is 10.4 Å². The molecule has 204 valence electrons. The lowest BCUT2D eigenvalue weighted by atomic mass is 10.00. The molecule has 1 fully saturated rings. The average Bonchev–Trinajstić information content (AvgIpc) is 3.55. The largest absolute Gasteiger partial charge is 0.444 e. The molecule has 40 heavy (non-hydrogen) atoms. The molecule has 5 aromatic rings. The van der Waals surface area contributed by atoms with Gasteiger partial charge in [0.25, 0.3) is 0 Å². The predicted octanol–water partition coefficient (Wildman–Crippen LogP) is 5.38. The third-order valence-electron chi connectivity index (χ3n) is 7.10. The fourth-order valence-electron chi connectivity index (χ4n) is 5.06. The smallest absolute Gasteiger partial charge is 0.408 e. The summed E-state index contributed by atoms with van der Waals surface area (Å²) in [5, 5.41) is 14.3. The topological polar surface area (TPSA) is 129 Å². The number of benzene rings is 3. The molecule has 1 saturated carbocycles. The second-order valence-corrected chi connectivity index (χ2v) is 12.7. The first kappa shape index (κ1) is 26.0. The van der Waals surface area contributed by atoms with Crippen LogP contribution in [0.5, 0.6) is 0 Å². The van der Waals surface area contributed by atoms with Crippen molar-refractivity contribution in [3.63, 3.8) is 0 Å². The Labute approximate surface area is 232 Å². The summed E-state index contributed by atoms with van der Waals surface area (Å²) in [5.74, 6) is 0. The summed E-state index contributed by atoms with van der Waals surface area (Å²) in [7, 11) is -3.88. The number of sulfonamides is 1. The molecule has 2 aromatic heterocycles. The van der Waals surface area contributed by atoms with Crippen LogP contribution in [0.25, 0.3) is 38.7 Å². The van der Waals surface area contributed by atoms with Gasteiger partial charge in [-0.15, -0.1) is 0 Å². The fourth-order valence-corrected chi connectivity index (χ4v) is 5.80. The van der Waals surface area contributed by atoms with E-state index in [-0.39, 0.29) is 10.4 Å². The maximum absolute atomic E-state index is 12.4. The number of nitrogens with two attached hydrogens (primary N) is 1. The van der Waals surface area contributed by atoms with E-state index in [0.29, 0.717) is 11.0 Å². The van der Waals surface area contributed by atoms with Crippen molar-refractivity contribution in [2.75, 3.05) is 0 Å². The highest BCUT2D eigenvalue weighted by Crippen LogP contribution is 2.46. The van der Waals surface area contributed by atoms with Crippen molar-refractivity contribution < 1.29 is 17.9 Å². The SMILES string of the molecule is CC(C)(C)OC(=O)NC1(c2ccc(-c3cnc4c(-c5ccc(S(N)(=O)=O)c6ccccc56)cnn4c3)cc2)CC1. The van der Waals surface area contributed by atoms with E-state index in [9.17, 15) is 13.2 Å². The summed E-state index contributed by atoms with van der Waals surface area (Å²) in [6, 6.07) is 18.6. The van der Waals surface area contributed by atoms with Gasteiger partial charge in [-0.05, 0) is 61.8 Å². The summed E-state index contributed by atoms with van der Waals surface area (Å²) >= 11 is 0. The van der Waals surface area contributed by atoms with Crippen LogP contribution in [0.3, 0.4) is 0 Å². The molecular weight excluding hydrogens is 526 g/mol. The number of rotatable bonds is 5. The lowest BCUT2D eigenvalue weighted by Gasteiger charge is -2.23. The van der Waals surface area contributed by atoms with Gasteiger partial charge >= 0.3 is 6.09 Å². The number of hydrogen-bond donors (Lipinski definition) is 2. The van der Waals surface area contributed by atoms with Gasteiger partial charge in [-0.3, -0.25) is 0 Å². The number of nitrogens with zero attached hydrogens (tertiary/aromatic N) is 3. The van der Waals surface area contributed by atoms with Crippen LogP contribution in [0.15, 0.2) is 84.1 Å². The summed E-state index contributed by atoms with van der Waals surface area (Å²) in [5.41, 5.74) is 4.18. The van der Waals surface area contributed by atoms with Crippen LogP contribution in [0, 0.1) is 0 Å². The summed E-state index contributed by atoms with van der Waals surface area (Å²) in [6.45, 7) is 5.54. The maximum atomic E-state index is 12.4. The molecule has 9 nitrogen and oxygen atoms in total. The zero-order valence-corrected chi connectivity index (χ0v) is 23.2. The molecule has 0 saturated heterocycles. The van der Waals surface area contributed by atoms with Crippen LogP contribution >= 0.6 is 0 Å². The summed E-state index contributed by atoms with van der Waals surface area (Å²) in [4.78, 5) is 17.1. The average molecular weight is 556 g/mol. The van der Waals surface area contributed by atoms with Crippen LogP contribution in [0.1, 0.15) is 39.2 Å². The number of hydrogen-bond acceptors (Lipinski definition) is 6. The highest BCUT2D eigenvalue weighted by Gasteiger charge is 2.46. The summed E-state index contributed by atoms with van der Waals surface area (Å²) < 4.78 is 31.4. The molecule has 0 atom stereocenters. The van der Waals surface area contributed by atoms with E-state index in [4.69, 9.17) is 14.9 Å². The number of nitrogens with one attached hydrogen (secondary N) is 1. The highest BCUT2D eigenvalue weighted by atomic mass is 32.2. The lowest BCUT2D eigenvalue weighted by molar-refractivity contribution is 0.0495. The van der Waals surface area contributed by atoms with E-state index < -0.39 is 21.7 Å². The van der Waals surface area contributed by atoms with Crippen LogP contribution in [0.4, 0.5) is 4.79 Å². The molecule has 1 amide bonds. The molecule has 3 aromatic carbocycles. The molecule has 6 rings (SSSR count). The zero-order valence-electron chi connectivity index (χ0n) is 22.4. The first-order valence-electron chi connectivity index (χ1n) is 12.9. The highest BCUT2D eigenvalue weighted by molar-refractivity contribution is 7.89. The van der Waals surface area contributed by atoms with Crippen LogP contribution in [0.2, 0.25) is 0 Å². The first-order chi connectivity index (χ1) is 18.9. The van der Waals surface area contributed by atoms with Gasteiger partial charge in [-0.1, -0.05) is 54.6 Å². The molecule has 3 N–H and O–H groups in total. The second kappa shape index (κ2) is 9.14. The lowest BCUT2D eigenvalue weighted by Crippen LogP contribution is -2.39. The van der Waals surface area contributed by atoms with Gasteiger partial charge in [-0.2, -0.15) is 5.10 Å². The number of amides is 1. The fraction of sp³-hybridized carbons (Fsp3) is 0.233. The molecule has 0 spiro atoms. The van der Waals surface area contributed by atoms with E-state index in [1.54, 1.807) is 35.1 Å². The Hall–Kier alpha value is -4.28. The van der Waals surface area contributed by atoms with Gasteiger partial charge in [0.15, 0.2) is 5.65 Å². The Morgan fingerprint density at radius 1 is 0.950 bits per heavy atom. The van der Waals surface area contributed by atoms with Crippen molar-refractivity contribution in [3.05, 3.63) is 84.8 Å². The Bertz CT molecular complexity index is 1890. The maximum Gasteiger partial charge on any atom is 0.408 e. The van der Waals surface area contributed by atoms with Crippen molar-refractivity contribution in [1.82, 2.24) is 19.9 Å². The number of carbonyl (C=O) groups excluding carboxylic acids is 1. The molecule has 1 aliphatic carbocycles. The zero-order chi connectivity index (χ0) is 28.3. The first-order valence-corrected chi connectivity index (χ1v) is 14.5.